The van der Waals surface area contributed by atoms with Gasteiger partial charge in [0.1, 0.15) is 0 Å². The minimum Gasteiger partial charge on any atom is -0.385 e. The molecule has 120 valence electrons. The first-order chi connectivity index (χ1) is 9.54. The molecule has 20 heavy (non-hydrogen) atoms. The largest absolute Gasteiger partial charge is 0.385 e. The summed E-state index contributed by atoms with van der Waals surface area (Å²) < 4.78 is 10.8. The molecule has 1 saturated heterocycles. The molecule has 0 amide bonds. The Morgan fingerprint density at radius 1 is 1.30 bits per heavy atom. The monoisotopic (exact) mass is 286 g/mol. The Bertz CT molecular complexity index is 253. The van der Waals surface area contributed by atoms with E-state index in [1.54, 1.807) is 7.11 Å². The minimum atomic E-state index is 0.145. The molecule has 1 aliphatic rings. The zero-order chi connectivity index (χ0) is 15.0. The lowest BCUT2D eigenvalue weighted by atomic mass is 9.82. The molecule has 0 aromatic rings. The smallest absolute Gasteiger partial charge is 0.0594 e. The van der Waals surface area contributed by atoms with Crippen LogP contribution in [0.3, 0.4) is 0 Å². The van der Waals surface area contributed by atoms with Crippen LogP contribution in [0.1, 0.15) is 40.5 Å². The van der Waals surface area contributed by atoms with Gasteiger partial charge < -0.3 is 14.8 Å². The maximum absolute atomic E-state index is 5.50. The topological polar surface area (TPSA) is 33.7 Å². The number of nitrogens with one attached hydrogen (secondary N) is 1. The highest BCUT2D eigenvalue weighted by Gasteiger charge is 2.38. The average molecular weight is 286 g/mol. The summed E-state index contributed by atoms with van der Waals surface area (Å²) in [6.07, 6.45) is 2.28. The molecule has 1 heterocycles. The highest BCUT2D eigenvalue weighted by atomic mass is 16.5. The lowest BCUT2D eigenvalue weighted by Gasteiger charge is -2.48. The fourth-order valence-corrected chi connectivity index (χ4v) is 3.25. The van der Waals surface area contributed by atoms with E-state index < -0.39 is 0 Å². The Hall–Kier alpha value is -0.160. The molecule has 1 N–H and O–H groups in total. The van der Waals surface area contributed by atoms with Crippen molar-refractivity contribution in [2.45, 2.75) is 52.1 Å². The van der Waals surface area contributed by atoms with Crippen LogP contribution < -0.4 is 5.32 Å². The summed E-state index contributed by atoms with van der Waals surface area (Å²) in [6, 6.07) is 0.482. The SMILES string of the molecule is CCCNC(C(C)CCOC)C(C)(C)N1CCOCC1. The standard InChI is InChI=1S/C16H34N2O2/c1-6-8-17-15(14(2)7-11-19-5)16(3,4)18-9-12-20-13-10-18/h14-15,17H,6-13H2,1-5H3. The van der Waals surface area contributed by atoms with Gasteiger partial charge in [0.15, 0.2) is 0 Å². The molecule has 1 fully saturated rings. The van der Waals surface area contributed by atoms with E-state index in [9.17, 15) is 0 Å². The predicted octanol–water partition coefficient (Wildman–Crippen LogP) is 2.14. The van der Waals surface area contributed by atoms with Gasteiger partial charge in [-0.15, -0.1) is 0 Å². The lowest BCUT2D eigenvalue weighted by molar-refractivity contribution is -0.0322. The van der Waals surface area contributed by atoms with Crippen molar-refractivity contribution in [3.63, 3.8) is 0 Å². The van der Waals surface area contributed by atoms with Crippen molar-refractivity contribution in [1.29, 1.82) is 0 Å². The fourth-order valence-electron chi connectivity index (χ4n) is 3.25. The van der Waals surface area contributed by atoms with Gasteiger partial charge >= 0.3 is 0 Å². The van der Waals surface area contributed by atoms with Crippen LogP contribution in [0.2, 0.25) is 0 Å². The van der Waals surface area contributed by atoms with Crippen molar-refractivity contribution in [3.8, 4) is 0 Å². The third-order valence-corrected chi connectivity index (χ3v) is 4.55. The second kappa shape index (κ2) is 8.98. The van der Waals surface area contributed by atoms with Crippen LogP contribution in [0, 0.1) is 5.92 Å². The zero-order valence-corrected chi connectivity index (χ0v) is 14.1. The van der Waals surface area contributed by atoms with Gasteiger partial charge in [0.25, 0.3) is 0 Å². The molecule has 0 aromatic heterocycles. The van der Waals surface area contributed by atoms with E-state index in [0.717, 1.165) is 45.9 Å². The Labute approximate surface area is 125 Å². The molecule has 0 radical (unpaired) electrons. The maximum Gasteiger partial charge on any atom is 0.0594 e. The molecule has 1 rings (SSSR count). The van der Waals surface area contributed by atoms with E-state index in [0.29, 0.717) is 12.0 Å². The van der Waals surface area contributed by atoms with Crippen LogP contribution in [-0.4, -0.2) is 63.0 Å². The number of ether oxygens (including phenoxy) is 2. The fraction of sp³-hybridized carbons (Fsp3) is 1.00. The van der Waals surface area contributed by atoms with Gasteiger partial charge in [0.2, 0.25) is 0 Å². The van der Waals surface area contributed by atoms with E-state index in [1.807, 2.05) is 0 Å². The third-order valence-electron chi connectivity index (χ3n) is 4.55. The highest BCUT2D eigenvalue weighted by Crippen LogP contribution is 2.27. The molecule has 0 saturated carbocycles. The predicted molar refractivity (Wildman–Crippen MR) is 84.2 cm³/mol. The summed E-state index contributed by atoms with van der Waals surface area (Å²) in [4.78, 5) is 2.58. The van der Waals surface area contributed by atoms with Gasteiger partial charge in [-0.25, -0.2) is 0 Å². The highest BCUT2D eigenvalue weighted by molar-refractivity contribution is 4.96. The Morgan fingerprint density at radius 2 is 1.95 bits per heavy atom. The molecule has 1 aliphatic heterocycles. The normalized spacial score (nSPS) is 20.9. The summed E-state index contributed by atoms with van der Waals surface area (Å²) in [5.74, 6) is 0.597. The Kier molecular flexibility index (Phi) is 8.03. The molecule has 4 heteroatoms. The lowest BCUT2D eigenvalue weighted by Crippen LogP contribution is -2.62. The molecule has 0 spiro atoms. The summed E-state index contributed by atoms with van der Waals surface area (Å²) in [5, 5.41) is 3.78. The molecular formula is C16H34N2O2. The zero-order valence-electron chi connectivity index (χ0n) is 14.1. The van der Waals surface area contributed by atoms with Gasteiger partial charge in [-0.2, -0.15) is 0 Å². The van der Waals surface area contributed by atoms with E-state index >= 15 is 0 Å². The number of hydrogen-bond donors (Lipinski definition) is 1. The molecule has 0 aliphatic carbocycles. The number of rotatable bonds is 9. The maximum atomic E-state index is 5.50. The van der Waals surface area contributed by atoms with Gasteiger partial charge in [0.05, 0.1) is 13.2 Å². The second-order valence-corrected chi connectivity index (χ2v) is 6.44. The van der Waals surface area contributed by atoms with Gasteiger partial charge in [-0.1, -0.05) is 13.8 Å². The quantitative estimate of drug-likeness (QED) is 0.704. The van der Waals surface area contributed by atoms with Crippen LogP contribution in [0.4, 0.5) is 0 Å². The van der Waals surface area contributed by atoms with Crippen LogP contribution in [0.25, 0.3) is 0 Å². The van der Waals surface area contributed by atoms with E-state index in [-0.39, 0.29) is 5.54 Å². The van der Waals surface area contributed by atoms with Gasteiger partial charge in [-0.3, -0.25) is 4.90 Å². The molecule has 2 atom stereocenters. The number of methoxy groups -OCH3 is 1. The van der Waals surface area contributed by atoms with Crippen molar-refractivity contribution < 1.29 is 9.47 Å². The number of morpholine rings is 1. The number of hydrogen-bond acceptors (Lipinski definition) is 4. The Balaban J connectivity index is 2.71. The first kappa shape index (κ1) is 17.9. The van der Waals surface area contributed by atoms with Gasteiger partial charge in [-0.05, 0) is 39.2 Å². The van der Waals surface area contributed by atoms with Crippen molar-refractivity contribution in [2.24, 2.45) is 5.92 Å². The van der Waals surface area contributed by atoms with Crippen molar-refractivity contribution in [1.82, 2.24) is 10.2 Å². The van der Waals surface area contributed by atoms with E-state index in [4.69, 9.17) is 9.47 Å². The molecule has 2 unspecified atom stereocenters. The molecule has 4 nitrogen and oxygen atoms in total. The van der Waals surface area contributed by atoms with Crippen LogP contribution in [0.15, 0.2) is 0 Å². The Morgan fingerprint density at radius 3 is 2.50 bits per heavy atom. The molecule has 0 bridgehead atoms. The first-order valence-electron chi connectivity index (χ1n) is 8.09. The summed E-state index contributed by atoms with van der Waals surface area (Å²) in [5.41, 5.74) is 0.145. The second-order valence-electron chi connectivity index (χ2n) is 6.44. The summed E-state index contributed by atoms with van der Waals surface area (Å²) in [6.45, 7) is 15.0. The van der Waals surface area contributed by atoms with Crippen molar-refractivity contribution in [2.75, 3.05) is 46.6 Å². The summed E-state index contributed by atoms with van der Waals surface area (Å²) in [7, 11) is 1.79. The molecular weight excluding hydrogens is 252 g/mol. The third kappa shape index (κ3) is 4.99. The molecule has 0 aromatic carbocycles. The van der Waals surface area contributed by atoms with Crippen LogP contribution in [0.5, 0.6) is 0 Å². The average Bonchev–Trinajstić information content (AvgIpc) is 2.46. The van der Waals surface area contributed by atoms with Gasteiger partial charge in [0, 0.05) is 38.4 Å². The van der Waals surface area contributed by atoms with E-state index in [1.165, 1.54) is 6.42 Å². The van der Waals surface area contributed by atoms with Crippen LogP contribution >= 0.6 is 0 Å². The first-order valence-corrected chi connectivity index (χ1v) is 8.09. The van der Waals surface area contributed by atoms with Crippen molar-refractivity contribution >= 4 is 0 Å². The van der Waals surface area contributed by atoms with E-state index in [2.05, 4.69) is 37.9 Å². The summed E-state index contributed by atoms with van der Waals surface area (Å²) >= 11 is 0. The van der Waals surface area contributed by atoms with Crippen molar-refractivity contribution in [3.05, 3.63) is 0 Å². The minimum absolute atomic E-state index is 0.145. The van der Waals surface area contributed by atoms with Crippen LogP contribution in [-0.2, 0) is 9.47 Å². The number of nitrogens with zero attached hydrogens (tertiary/aromatic N) is 1.